The second-order valence-electron chi connectivity index (χ2n) is 11.3. The molecule has 206 valence electrons. The highest BCUT2D eigenvalue weighted by Gasteiger charge is 2.55. The van der Waals surface area contributed by atoms with E-state index >= 15 is 0 Å². The molecule has 1 N–H and O–H groups in total. The number of nitrogens with one attached hydrogen (secondary N) is 1. The minimum Gasteiger partial charge on any atom is -0.379 e. The number of carbonyl (C=O) groups is 1. The van der Waals surface area contributed by atoms with Gasteiger partial charge in [-0.05, 0) is 44.1 Å². The standard InChI is InChI=1S/C26H36F4N4O3/c1-15(2)25(7-4-16(11-25)32-20-6-9-37-14-21(20)36-3)24(35)34-13-17-10-18(34)12-33(17)23-22(27)19(5-8-31-23)26(28,29)30/h5,8,15-18,20-21,32H,4,6-7,9-14H2,1-3H3/t16-,17+,18+,20+,21-,25+/m1/s1. The van der Waals surface area contributed by atoms with Gasteiger partial charge in [-0.3, -0.25) is 4.79 Å². The number of rotatable bonds is 6. The molecule has 37 heavy (non-hydrogen) atoms. The zero-order chi connectivity index (χ0) is 26.5. The molecule has 4 heterocycles. The number of nitrogens with zero attached hydrogens (tertiary/aromatic N) is 3. The van der Waals surface area contributed by atoms with E-state index in [9.17, 15) is 22.4 Å². The van der Waals surface area contributed by atoms with E-state index in [0.29, 0.717) is 32.2 Å². The van der Waals surface area contributed by atoms with Gasteiger partial charge in [-0.2, -0.15) is 13.2 Å². The number of anilines is 1. The van der Waals surface area contributed by atoms with Crippen molar-refractivity contribution >= 4 is 11.7 Å². The number of hydrogen-bond acceptors (Lipinski definition) is 6. The number of amides is 1. The van der Waals surface area contributed by atoms with E-state index in [4.69, 9.17) is 9.47 Å². The highest BCUT2D eigenvalue weighted by atomic mass is 19.4. The molecule has 0 aromatic carbocycles. The summed E-state index contributed by atoms with van der Waals surface area (Å²) in [4.78, 5) is 21.5. The lowest BCUT2D eigenvalue weighted by Crippen LogP contribution is -2.55. The summed E-state index contributed by atoms with van der Waals surface area (Å²) in [7, 11) is 1.69. The normalized spacial score (nSPS) is 34.1. The Hall–Kier alpha value is -1.98. The van der Waals surface area contributed by atoms with Gasteiger partial charge in [0.25, 0.3) is 0 Å². The number of hydrogen-bond donors (Lipinski definition) is 1. The van der Waals surface area contributed by atoms with Gasteiger partial charge in [-0.1, -0.05) is 13.8 Å². The van der Waals surface area contributed by atoms with E-state index in [0.717, 1.165) is 31.9 Å². The third-order valence-corrected chi connectivity index (χ3v) is 9.09. The molecule has 1 aromatic rings. The van der Waals surface area contributed by atoms with Crippen LogP contribution in [0.25, 0.3) is 0 Å². The van der Waals surface area contributed by atoms with Gasteiger partial charge in [0.05, 0.1) is 35.8 Å². The van der Waals surface area contributed by atoms with Gasteiger partial charge in [0, 0.05) is 45.1 Å². The van der Waals surface area contributed by atoms with E-state index in [1.165, 1.54) is 0 Å². The summed E-state index contributed by atoms with van der Waals surface area (Å²) in [5.41, 5.74) is -1.81. The summed E-state index contributed by atoms with van der Waals surface area (Å²) in [6.45, 7) is 6.09. The fraction of sp³-hybridized carbons (Fsp3) is 0.769. The number of ether oxygens (including phenoxy) is 2. The maximum Gasteiger partial charge on any atom is 0.419 e. The second kappa shape index (κ2) is 9.96. The van der Waals surface area contributed by atoms with E-state index in [1.54, 1.807) is 12.0 Å². The number of methoxy groups -OCH3 is 1. The van der Waals surface area contributed by atoms with Gasteiger partial charge in [0.2, 0.25) is 5.91 Å². The zero-order valence-corrected chi connectivity index (χ0v) is 21.6. The number of fused-ring (bicyclic) bond motifs is 2. The number of aromatic nitrogens is 1. The fourth-order valence-corrected chi connectivity index (χ4v) is 6.93. The van der Waals surface area contributed by atoms with Gasteiger partial charge >= 0.3 is 6.18 Å². The number of pyridine rings is 1. The predicted octanol–water partition coefficient (Wildman–Crippen LogP) is 3.62. The fourth-order valence-electron chi connectivity index (χ4n) is 6.93. The second-order valence-corrected chi connectivity index (χ2v) is 11.3. The van der Waals surface area contributed by atoms with E-state index < -0.39 is 23.0 Å². The summed E-state index contributed by atoms with van der Waals surface area (Å²) < 4.78 is 65.6. The Labute approximate surface area is 214 Å². The summed E-state index contributed by atoms with van der Waals surface area (Å²) in [5, 5.41) is 3.73. The lowest BCUT2D eigenvalue weighted by atomic mass is 9.74. The molecule has 5 rings (SSSR count). The van der Waals surface area contributed by atoms with Crippen LogP contribution in [-0.2, 0) is 20.4 Å². The number of piperazine rings is 1. The topological polar surface area (TPSA) is 66.9 Å². The number of carbonyl (C=O) groups excluding carboxylic acids is 1. The van der Waals surface area contributed by atoms with Crippen molar-refractivity contribution in [1.82, 2.24) is 15.2 Å². The highest BCUT2D eigenvalue weighted by molar-refractivity contribution is 5.84. The maximum atomic E-state index is 14.8. The first kappa shape index (κ1) is 26.6. The molecule has 3 aliphatic heterocycles. The Bertz CT molecular complexity index is 1010. The minimum absolute atomic E-state index is 0.0105. The molecule has 7 nitrogen and oxygen atoms in total. The monoisotopic (exact) mass is 528 g/mol. The Morgan fingerprint density at radius 2 is 2.05 bits per heavy atom. The van der Waals surface area contributed by atoms with Gasteiger partial charge in [0.1, 0.15) is 0 Å². The molecular formula is C26H36F4N4O3. The van der Waals surface area contributed by atoms with Crippen molar-refractivity contribution in [2.75, 3.05) is 38.3 Å². The molecular weight excluding hydrogens is 492 g/mol. The quantitative estimate of drug-likeness (QED) is 0.569. The summed E-state index contributed by atoms with van der Waals surface area (Å²) >= 11 is 0. The third-order valence-electron chi connectivity index (χ3n) is 9.09. The molecule has 1 saturated carbocycles. The Kier molecular flexibility index (Phi) is 7.17. The van der Waals surface area contributed by atoms with Crippen molar-refractivity contribution in [3.8, 4) is 0 Å². The molecule has 0 unspecified atom stereocenters. The molecule has 0 spiro atoms. The number of halogens is 4. The van der Waals surface area contributed by atoms with Crippen LogP contribution < -0.4 is 10.2 Å². The Balaban J connectivity index is 1.28. The molecule has 6 atom stereocenters. The first-order chi connectivity index (χ1) is 17.5. The highest BCUT2D eigenvalue weighted by Crippen LogP contribution is 2.48. The first-order valence-corrected chi connectivity index (χ1v) is 13.2. The van der Waals surface area contributed by atoms with Crippen LogP contribution in [0.1, 0.15) is 51.5 Å². The third kappa shape index (κ3) is 4.71. The largest absolute Gasteiger partial charge is 0.419 e. The van der Waals surface area contributed by atoms with Gasteiger partial charge in [-0.25, -0.2) is 9.37 Å². The number of likely N-dealkylation sites (tertiary alicyclic amines) is 1. The van der Waals surface area contributed by atoms with Crippen molar-refractivity contribution in [3.05, 3.63) is 23.6 Å². The Morgan fingerprint density at radius 1 is 1.27 bits per heavy atom. The van der Waals surface area contributed by atoms with Crippen molar-refractivity contribution in [2.24, 2.45) is 11.3 Å². The van der Waals surface area contributed by atoms with Crippen LogP contribution >= 0.6 is 0 Å². The molecule has 4 aliphatic rings. The zero-order valence-electron chi connectivity index (χ0n) is 21.6. The average Bonchev–Trinajstić information content (AvgIpc) is 3.58. The van der Waals surface area contributed by atoms with Crippen LogP contribution in [0.5, 0.6) is 0 Å². The molecule has 1 aromatic heterocycles. The molecule has 4 fully saturated rings. The summed E-state index contributed by atoms with van der Waals surface area (Å²) in [5.74, 6) is -1.36. The summed E-state index contributed by atoms with van der Waals surface area (Å²) in [6.07, 6.45) is 0.0893. The van der Waals surface area contributed by atoms with Crippen molar-refractivity contribution < 1.29 is 31.8 Å². The first-order valence-electron chi connectivity index (χ1n) is 13.2. The van der Waals surface area contributed by atoms with E-state index in [2.05, 4.69) is 24.1 Å². The van der Waals surface area contributed by atoms with Gasteiger partial charge in [0.15, 0.2) is 11.6 Å². The maximum absolute atomic E-state index is 14.8. The molecule has 0 radical (unpaired) electrons. The SMILES string of the molecule is CO[C@@H]1COCC[C@@H]1N[C@@H]1CC[C@@](C(=O)N2C[C@@H]3C[C@H]2CN3c2nccc(C(F)(F)F)c2F)(C(C)C)C1. The lowest BCUT2D eigenvalue weighted by Gasteiger charge is -2.42. The van der Waals surface area contributed by atoms with E-state index in [1.807, 2.05) is 4.90 Å². The van der Waals surface area contributed by atoms with Crippen molar-refractivity contribution in [2.45, 2.75) is 82.4 Å². The predicted molar refractivity (Wildman–Crippen MR) is 129 cm³/mol. The van der Waals surface area contributed by atoms with Gasteiger partial charge < -0.3 is 24.6 Å². The molecule has 11 heteroatoms. The van der Waals surface area contributed by atoms with E-state index in [-0.39, 0.29) is 54.5 Å². The van der Waals surface area contributed by atoms with Gasteiger partial charge in [-0.15, -0.1) is 0 Å². The van der Waals surface area contributed by atoms with Crippen LogP contribution in [0.4, 0.5) is 23.4 Å². The molecule has 1 amide bonds. The Morgan fingerprint density at radius 3 is 2.70 bits per heavy atom. The van der Waals surface area contributed by atoms with Crippen LogP contribution in [0.2, 0.25) is 0 Å². The minimum atomic E-state index is -4.78. The lowest BCUT2D eigenvalue weighted by molar-refractivity contribution is -0.146. The van der Waals surface area contributed by atoms with Crippen molar-refractivity contribution in [1.29, 1.82) is 0 Å². The number of alkyl halides is 3. The molecule has 3 saturated heterocycles. The van der Waals surface area contributed by atoms with Crippen LogP contribution in [0.15, 0.2) is 12.3 Å². The molecule has 1 aliphatic carbocycles. The van der Waals surface area contributed by atoms with Crippen LogP contribution in [0.3, 0.4) is 0 Å². The molecule has 2 bridgehead atoms. The summed E-state index contributed by atoms with van der Waals surface area (Å²) in [6, 6.07) is 0.641. The smallest absolute Gasteiger partial charge is 0.379 e. The average molecular weight is 529 g/mol. The van der Waals surface area contributed by atoms with Crippen LogP contribution in [-0.4, -0.2) is 79.5 Å². The van der Waals surface area contributed by atoms with Crippen LogP contribution in [0, 0.1) is 17.2 Å². The van der Waals surface area contributed by atoms with Crippen molar-refractivity contribution in [3.63, 3.8) is 0 Å².